The molecule has 78 valence electrons. The van der Waals surface area contributed by atoms with Crippen molar-refractivity contribution in [2.45, 2.75) is 13.0 Å². The molecule has 0 amide bonds. The van der Waals surface area contributed by atoms with Crippen molar-refractivity contribution in [3.63, 3.8) is 0 Å². The maximum Gasteiger partial charge on any atom is 0.123 e. The second-order valence-corrected chi connectivity index (χ2v) is 3.38. The van der Waals surface area contributed by atoms with Gasteiger partial charge in [-0.25, -0.2) is 4.39 Å². The lowest BCUT2D eigenvalue weighted by molar-refractivity contribution is 0.280. The van der Waals surface area contributed by atoms with E-state index in [2.05, 4.69) is 0 Å². The average molecular weight is 206 g/mol. The van der Waals surface area contributed by atoms with Crippen LogP contribution in [0.5, 0.6) is 0 Å². The van der Waals surface area contributed by atoms with Crippen LogP contribution in [0.15, 0.2) is 41.0 Å². The summed E-state index contributed by atoms with van der Waals surface area (Å²) in [6.07, 6.45) is 2.14. The van der Waals surface area contributed by atoms with E-state index in [1.807, 2.05) is 0 Å². The van der Waals surface area contributed by atoms with Crippen molar-refractivity contribution in [2.24, 2.45) is 0 Å². The number of hydrogen-bond acceptors (Lipinski definition) is 2. The predicted octanol–water partition coefficient (Wildman–Crippen LogP) is 2.50. The molecule has 2 aromatic rings. The normalized spacial score (nSPS) is 10.5. The quantitative estimate of drug-likeness (QED) is 0.837. The van der Waals surface area contributed by atoms with Crippen LogP contribution in [0.3, 0.4) is 0 Å². The maximum atomic E-state index is 12.6. The Hall–Kier alpha value is -1.61. The first-order chi connectivity index (χ1) is 7.28. The fourth-order valence-electron chi connectivity index (χ4n) is 1.41. The first kappa shape index (κ1) is 9.93. The third kappa shape index (κ3) is 2.44. The molecule has 0 saturated heterocycles. The largest absolute Gasteiger partial charge is 0.469 e. The minimum Gasteiger partial charge on any atom is -0.469 e. The summed E-state index contributed by atoms with van der Waals surface area (Å²) in [6.45, 7) is -0.0209. The van der Waals surface area contributed by atoms with Crippen LogP contribution in [0.2, 0.25) is 0 Å². The van der Waals surface area contributed by atoms with E-state index in [1.54, 1.807) is 18.2 Å². The number of benzene rings is 1. The topological polar surface area (TPSA) is 33.4 Å². The second kappa shape index (κ2) is 4.28. The third-order valence-corrected chi connectivity index (χ3v) is 2.18. The van der Waals surface area contributed by atoms with Crippen LogP contribution in [0, 0.1) is 5.82 Å². The lowest BCUT2D eigenvalue weighted by Gasteiger charge is -1.97. The van der Waals surface area contributed by atoms with E-state index >= 15 is 0 Å². The lowest BCUT2D eigenvalue weighted by atomic mass is 10.1. The standard InChI is InChI=1S/C12H11FO2/c13-11-3-1-9(2-4-11)5-12-6-10(7-14)8-15-12/h1-4,6,8,14H,5,7H2. The van der Waals surface area contributed by atoms with E-state index in [0.717, 1.165) is 16.9 Å². The summed E-state index contributed by atoms with van der Waals surface area (Å²) >= 11 is 0. The molecule has 0 unspecified atom stereocenters. The Labute approximate surface area is 87.0 Å². The molecule has 0 bridgehead atoms. The summed E-state index contributed by atoms with van der Waals surface area (Å²) in [7, 11) is 0. The molecule has 1 aromatic heterocycles. The molecule has 0 aliphatic heterocycles. The molecule has 1 aromatic carbocycles. The summed E-state index contributed by atoms with van der Waals surface area (Å²) < 4.78 is 17.9. The predicted molar refractivity (Wildman–Crippen MR) is 53.8 cm³/mol. The van der Waals surface area contributed by atoms with Crippen LogP contribution in [0.4, 0.5) is 4.39 Å². The number of hydrogen-bond donors (Lipinski definition) is 1. The van der Waals surface area contributed by atoms with E-state index in [-0.39, 0.29) is 12.4 Å². The number of rotatable bonds is 3. The molecule has 0 aliphatic carbocycles. The van der Waals surface area contributed by atoms with Gasteiger partial charge in [0.1, 0.15) is 11.6 Å². The first-order valence-corrected chi connectivity index (χ1v) is 4.69. The highest BCUT2D eigenvalue weighted by atomic mass is 19.1. The molecule has 0 saturated carbocycles. The van der Waals surface area contributed by atoms with Crippen molar-refractivity contribution in [1.29, 1.82) is 0 Å². The first-order valence-electron chi connectivity index (χ1n) is 4.69. The van der Waals surface area contributed by atoms with Crippen LogP contribution in [-0.2, 0) is 13.0 Å². The SMILES string of the molecule is OCc1coc(Cc2ccc(F)cc2)c1. The Morgan fingerprint density at radius 1 is 1.13 bits per heavy atom. The highest BCUT2D eigenvalue weighted by molar-refractivity contribution is 5.23. The van der Waals surface area contributed by atoms with Crippen molar-refractivity contribution < 1.29 is 13.9 Å². The van der Waals surface area contributed by atoms with Crippen LogP contribution in [0.1, 0.15) is 16.9 Å². The van der Waals surface area contributed by atoms with Gasteiger partial charge in [-0.05, 0) is 23.8 Å². The van der Waals surface area contributed by atoms with Crippen molar-refractivity contribution in [3.05, 3.63) is 59.3 Å². The molecular formula is C12H11FO2. The molecule has 2 rings (SSSR count). The summed E-state index contributed by atoms with van der Waals surface area (Å²) in [4.78, 5) is 0. The van der Waals surface area contributed by atoms with E-state index in [0.29, 0.717) is 6.42 Å². The molecule has 0 aliphatic rings. The smallest absolute Gasteiger partial charge is 0.123 e. The van der Waals surface area contributed by atoms with Gasteiger partial charge in [-0.1, -0.05) is 12.1 Å². The van der Waals surface area contributed by atoms with Crippen molar-refractivity contribution in [3.8, 4) is 0 Å². The van der Waals surface area contributed by atoms with Gasteiger partial charge in [0.2, 0.25) is 0 Å². The molecule has 0 atom stereocenters. The van der Waals surface area contributed by atoms with Gasteiger partial charge in [0.05, 0.1) is 12.9 Å². The number of halogens is 1. The molecule has 0 spiro atoms. The zero-order valence-electron chi connectivity index (χ0n) is 8.11. The van der Waals surface area contributed by atoms with Crippen LogP contribution in [-0.4, -0.2) is 5.11 Å². The number of furan rings is 1. The summed E-state index contributed by atoms with van der Waals surface area (Å²) in [6, 6.07) is 8.08. The molecule has 15 heavy (non-hydrogen) atoms. The van der Waals surface area contributed by atoms with Gasteiger partial charge in [-0.2, -0.15) is 0 Å². The van der Waals surface area contributed by atoms with Gasteiger partial charge >= 0.3 is 0 Å². The number of aliphatic hydroxyl groups is 1. The average Bonchev–Trinajstić information content (AvgIpc) is 2.69. The molecule has 2 nitrogen and oxygen atoms in total. The van der Waals surface area contributed by atoms with E-state index < -0.39 is 0 Å². The monoisotopic (exact) mass is 206 g/mol. The second-order valence-electron chi connectivity index (χ2n) is 3.38. The fourth-order valence-corrected chi connectivity index (χ4v) is 1.41. The molecule has 0 radical (unpaired) electrons. The zero-order valence-corrected chi connectivity index (χ0v) is 8.11. The van der Waals surface area contributed by atoms with Crippen LogP contribution in [0.25, 0.3) is 0 Å². The third-order valence-electron chi connectivity index (χ3n) is 2.18. The molecule has 1 N–H and O–H groups in total. The van der Waals surface area contributed by atoms with E-state index in [9.17, 15) is 4.39 Å². The van der Waals surface area contributed by atoms with Gasteiger partial charge in [-0.15, -0.1) is 0 Å². The fraction of sp³-hybridized carbons (Fsp3) is 0.167. The lowest BCUT2D eigenvalue weighted by Crippen LogP contribution is -1.85. The van der Waals surface area contributed by atoms with Crippen LogP contribution < -0.4 is 0 Å². The Bertz CT molecular complexity index is 431. The summed E-state index contributed by atoms with van der Waals surface area (Å²) in [5.41, 5.74) is 1.74. The Morgan fingerprint density at radius 3 is 2.47 bits per heavy atom. The Morgan fingerprint density at radius 2 is 1.87 bits per heavy atom. The van der Waals surface area contributed by atoms with Gasteiger partial charge in [-0.3, -0.25) is 0 Å². The highest BCUT2D eigenvalue weighted by Crippen LogP contribution is 2.13. The Kier molecular flexibility index (Phi) is 2.83. The van der Waals surface area contributed by atoms with Gasteiger partial charge in [0, 0.05) is 12.0 Å². The Balaban J connectivity index is 2.11. The van der Waals surface area contributed by atoms with E-state index in [1.165, 1.54) is 18.4 Å². The molecule has 3 heteroatoms. The van der Waals surface area contributed by atoms with Crippen molar-refractivity contribution in [1.82, 2.24) is 0 Å². The summed E-state index contributed by atoms with van der Waals surface area (Å²) in [5, 5.41) is 8.84. The van der Waals surface area contributed by atoms with E-state index in [4.69, 9.17) is 9.52 Å². The molecule has 1 heterocycles. The van der Waals surface area contributed by atoms with Gasteiger partial charge in [0.25, 0.3) is 0 Å². The minimum absolute atomic E-state index is 0.0209. The van der Waals surface area contributed by atoms with Gasteiger partial charge < -0.3 is 9.52 Å². The zero-order chi connectivity index (χ0) is 10.7. The van der Waals surface area contributed by atoms with Gasteiger partial charge in [0.15, 0.2) is 0 Å². The van der Waals surface area contributed by atoms with Crippen molar-refractivity contribution >= 4 is 0 Å². The van der Waals surface area contributed by atoms with Crippen molar-refractivity contribution in [2.75, 3.05) is 0 Å². The maximum absolute atomic E-state index is 12.6. The van der Waals surface area contributed by atoms with Crippen LogP contribution >= 0.6 is 0 Å². The number of aliphatic hydroxyl groups excluding tert-OH is 1. The molecular weight excluding hydrogens is 195 g/mol. The minimum atomic E-state index is -0.241. The summed E-state index contributed by atoms with van der Waals surface area (Å²) in [5.74, 6) is 0.528. The molecule has 0 fully saturated rings. The highest BCUT2D eigenvalue weighted by Gasteiger charge is 2.02.